The summed E-state index contributed by atoms with van der Waals surface area (Å²) in [5.74, 6) is -1.11. The van der Waals surface area contributed by atoms with Crippen LogP contribution in [0.1, 0.15) is 10.6 Å². The van der Waals surface area contributed by atoms with Gasteiger partial charge < -0.3 is 10.6 Å². The van der Waals surface area contributed by atoms with E-state index in [4.69, 9.17) is 5.73 Å². The molecule has 0 aromatic carbocycles. The predicted octanol–water partition coefficient (Wildman–Crippen LogP) is -0.199. The van der Waals surface area contributed by atoms with E-state index in [1.165, 1.54) is 11.3 Å². The molecule has 1 aliphatic heterocycles. The molecule has 116 valence electrons. The highest BCUT2D eigenvalue weighted by Gasteiger charge is 2.26. The minimum atomic E-state index is -0.615. The Morgan fingerprint density at radius 3 is 2.48 bits per heavy atom. The van der Waals surface area contributed by atoms with Crippen molar-refractivity contribution in [2.75, 3.05) is 44.6 Å². The molecule has 0 unspecified atom stereocenters. The molecule has 0 bridgehead atoms. The van der Waals surface area contributed by atoms with Crippen LogP contribution in [0.25, 0.3) is 0 Å². The van der Waals surface area contributed by atoms with Gasteiger partial charge in [0.05, 0.1) is 5.69 Å². The van der Waals surface area contributed by atoms with Gasteiger partial charge in [0.15, 0.2) is 5.13 Å². The molecule has 1 saturated heterocycles. The summed E-state index contributed by atoms with van der Waals surface area (Å²) >= 11 is 1.38. The van der Waals surface area contributed by atoms with Crippen LogP contribution in [0, 0.1) is 13.8 Å². The van der Waals surface area contributed by atoms with Crippen molar-refractivity contribution < 1.29 is 9.59 Å². The van der Waals surface area contributed by atoms with Gasteiger partial charge in [-0.15, -0.1) is 11.3 Å². The number of aromatic nitrogens is 1. The largest absolute Gasteiger partial charge is 0.332 e. The van der Waals surface area contributed by atoms with Crippen molar-refractivity contribution in [3.8, 4) is 0 Å². The number of hydrogen-bond donors (Lipinski definition) is 2. The quantitative estimate of drug-likeness (QED) is 0.755. The summed E-state index contributed by atoms with van der Waals surface area (Å²) in [5.41, 5.74) is 6.38. The Bertz CT molecular complexity index is 503. The van der Waals surface area contributed by atoms with E-state index in [9.17, 15) is 9.59 Å². The Balaban J connectivity index is 1.87. The summed E-state index contributed by atoms with van der Waals surface area (Å²) in [6.45, 7) is 7.87. The smallest absolute Gasteiger partial charge is 0.315 e. The zero-order valence-electron chi connectivity index (χ0n) is 12.4. The van der Waals surface area contributed by atoms with E-state index in [1.54, 1.807) is 4.90 Å². The van der Waals surface area contributed by atoms with Crippen molar-refractivity contribution >= 4 is 28.3 Å². The predicted molar refractivity (Wildman–Crippen MR) is 82.3 cm³/mol. The fourth-order valence-electron chi connectivity index (χ4n) is 2.18. The number of carbonyl (C=O) groups is 2. The van der Waals surface area contributed by atoms with E-state index in [0.29, 0.717) is 24.8 Å². The molecular formula is C13H21N5O2S. The molecule has 7 nitrogen and oxygen atoms in total. The van der Waals surface area contributed by atoms with Crippen LogP contribution in [0.5, 0.6) is 0 Å². The van der Waals surface area contributed by atoms with Gasteiger partial charge >= 0.3 is 11.8 Å². The van der Waals surface area contributed by atoms with E-state index in [-0.39, 0.29) is 0 Å². The molecule has 0 atom stereocenters. The third-order valence-corrected chi connectivity index (χ3v) is 4.54. The number of hydrogen-bond acceptors (Lipinski definition) is 6. The molecule has 1 aromatic heterocycles. The van der Waals surface area contributed by atoms with Crippen molar-refractivity contribution in [3.63, 3.8) is 0 Å². The SMILES string of the molecule is Cc1nc(NC(=O)C(=O)N2CCN(CCN)CC2)sc1C. The van der Waals surface area contributed by atoms with Crippen molar-refractivity contribution in [3.05, 3.63) is 10.6 Å². The van der Waals surface area contributed by atoms with Crippen LogP contribution in [-0.4, -0.2) is 65.9 Å². The molecule has 1 fully saturated rings. The number of amides is 2. The fourth-order valence-corrected chi connectivity index (χ4v) is 2.99. The molecule has 1 aliphatic rings. The van der Waals surface area contributed by atoms with Gasteiger partial charge in [0.2, 0.25) is 0 Å². The number of nitrogens with two attached hydrogens (primary N) is 1. The van der Waals surface area contributed by atoms with Gasteiger partial charge in [-0.1, -0.05) is 0 Å². The number of nitrogens with zero attached hydrogens (tertiary/aromatic N) is 3. The van der Waals surface area contributed by atoms with E-state index < -0.39 is 11.8 Å². The molecule has 1 aromatic rings. The summed E-state index contributed by atoms with van der Waals surface area (Å²) in [6.07, 6.45) is 0. The first-order valence-corrected chi connectivity index (χ1v) is 7.79. The molecule has 0 saturated carbocycles. The van der Waals surface area contributed by atoms with Crippen molar-refractivity contribution in [1.82, 2.24) is 14.8 Å². The Hall–Kier alpha value is -1.51. The first-order chi connectivity index (χ1) is 10.0. The number of piperazine rings is 1. The molecule has 0 aliphatic carbocycles. The summed E-state index contributed by atoms with van der Waals surface area (Å²) < 4.78 is 0. The number of aryl methyl sites for hydroxylation is 2. The monoisotopic (exact) mass is 311 g/mol. The van der Waals surface area contributed by atoms with Gasteiger partial charge in [0.1, 0.15) is 0 Å². The zero-order valence-corrected chi connectivity index (χ0v) is 13.2. The molecular weight excluding hydrogens is 290 g/mol. The van der Waals surface area contributed by atoms with Gasteiger partial charge in [-0.25, -0.2) is 4.98 Å². The highest BCUT2D eigenvalue weighted by Crippen LogP contribution is 2.21. The van der Waals surface area contributed by atoms with Crippen LogP contribution in [0.2, 0.25) is 0 Å². The molecule has 0 spiro atoms. The van der Waals surface area contributed by atoms with E-state index in [2.05, 4.69) is 15.2 Å². The average Bonchev–Trinajstić information content (AvgIpc) is 2.77. The van der Waals surface area contributed by atoms with Crippen LogP contribution in [0.15, 0.2) is 0 Å². The topological polar surface area (TPSA) is 91.6 Å². The number of thiazole rings is 1. The molecule has 3 N–H and O–H groups in total. The molecule has 2 amide bonds. The van der Waals surface area contributed by atoms with Gasteiger partial charge in [-0.2, -0.15) is 0 Å². The van der Waals surface area contributed by atoms with Crippen LogP contribution >= 0.6 is 11.3 Å². The normalized spacial score (nSPS) is 16.0. The Kier molecular flexibility index (Phi) is 5.27. The van der Waals surface area contributed by atoms with Gasteiger partial charge in [-0.3, -0.25) is 19.8 Å². The standard InChI is InChI=1S/C13H21N5O2S/c1-9-10(2)21-13(15-9)16-11(19)12(20)18-7-5-17(4-3-14)6-8-18/h3-8,14H2,1-2H3,(H,15,16,19). The Morgan fingerprint density at radius 2 is 1.95 bits per heavy atom. The fraction of sp³-hybridized carbons (Fsp3) is 0.615. The maximum absolute atomic E-state index is 12.1. The van der Waals surface area contributed by atoms with Crippen LogP contribution in [-0.2, 0) is 9.59 Å². The molecule has 21 heavy (non-hydrogen) atoms. The van der Waals surface area contributed by atoms with Crippen molar-refractivity contribution in [1.29, 1.82) is 0 Å². The lowest BCUT2D eigenvalue weighted by molar-refractivity contribution is -0.144. The molecule has 2 heterocycles. The van der Waals surface area contributed by atoms with Gasteiger partial charge in [-0.05, 0) is 13.8 Å². The summed E-state index contributed by atoms with van der Waals surface area (Å²) in [6, 6.07) is 0. The Morgan fingerprint density at radius 1 is 1.29 bits per heavy atom. The lowest BCUT2D eigenvalue weighted by Crippen LogP contribution is -2.52. The van der Waals surface area contributed by atoms with Crippen LogP contribution in [0.3, 0.4) is 0 Å². The van der Waals surface area contributed by atoms with Crippen LogP contribution < -0.4 is 11.1 Å². The number of nitrogens with one attached hydrogen (secondary N) is 1. The number of rotatable bonds is 3. The Labute approximate surface area is 128 Å². The van der Waals surface area contributed by atoms with Crippen molar-refractivity contribution in [2.24, 2.45) is 5.73 Å². The van der Waals surface area contributed by atoms with Crippen LogP contribution in [0.4, 0.5) is 5.13 Å². The maximum Gasteiger partial charge on any atom is 0.315 e. The first kappa shape index (κ1) is 15.9. The third-order valence-electron chi connectivity index (χ3n) is 3.55. The highest BCUT2D eigenvalue weighted by atomic mass is 32.1. The van der Waals surface area contributed by atoms with Gasteiger partial charge in [0.25, 0.3) is 0 Å². The van der Waals surface area contributed by atoms with E-state index in [0.717, 1.165) is 30.2 Å². The maximum atomic E-state index is 12.1. The zero-order chi connectivity index (χ0) is 15.4. The lowest BCUT2D eigenvalue weighted by Gasteiger charge is -2.33. The average molecular weight is 311 g/mol. The van der Waals surface area contributed by atoms with Gasteiger partial charge in [0, 0.05) is 44.1 Å². The second kappa shape index (κ2) is 6.97. The third kappa shape index (κ3) is 3.99. The lowest BCUT2D eigenvalue weighted by atomic mass is 10.3. The first-order valence-electron chi connectivity index (χ1n) is 6.98. The summed E-state index contributed by atoms with van der Waals surface area (Å²) in [4.78, 5) is 33.1. The second-order valence-electron chi connectivity index (χ2n) is 5.04. The summed E-state index contributed by atoms with van der Waals surface area (Å²) in [7, 11) is 0. The highest BCUT2D eigenvalue weighted by molar-refractivity contribution is 7.15. The minimum Gasteiger partial charge on any atom is -0.332 e. The van der Waals surface area contributed by atoms with E-state index >= 15 is 0 Å². The summed E-state index contributed by atoms with van der Waals surface area (Å²) in [5, 5.41) is 3.06. The second-order valence-corrected chi connectivity index (χ2v) is 6.24. The van der Waals surface area contributed by atoms with Crippen molar-refractivity contribution in [2.45, 2.75) is 13.8 Å². The number of anilines is 1. The van der Waals surface area contributed by atoms with E-state index in [1.807, 2.05) is 13.8 Å². The molecule has 2 rings (SSSR count). The number of carbonyl (C=O) groups excluding carboxylic acids is 2. The molecule has 0 radical (unpaired) electrons. The minimum absolute atomic E-state index is 0.477. The molecule has 8 heteroatoms.